The minimum Gasteiger partial charge on any atom is -0.381 e. The number of hydrogen-bond acceptors (Lipinski definition) is 3. The number of ether oxygens (including phenoxy) is 1. The van der Waals surface area contributed by atoms with Gasteiger partial charge in [0.05, 0.1) is 0 Å². The van der Waals surface area contributed by atoms with Gasteiger partial charge in [0.2, 0.25) is 0 Å². The van der Waals surface area contributed by atoms with Crippen molar-refractivity contribution in [1.82, 2.24) is 10.2 Å². The van der Waals surface area contributed by atoms with Gasteiger partial charge in [0, 0.05) is 56.3 Å². The smallest absolute Gasteiger partial charge is 0.193 e. The minimum absolute atomic E-state index is 0.0378. The first-order valence-electron chi connectivity index (χ1n) is 9.95. The third-order valence-corrected chi connectivity index (χ3v) is 7.38. The van der Waals surface area contributed by atoms with Crippen LogP contribution in [0.2, 0.25) is 0 Å². The van der Waals surface area contributed by atoms with E-state index in [0.717, 1.165) is 57.4 Å². The number of aliphatic imine (C=N–C) groups is 1. The number of nitrogens with zero attached hydrogens (tertiary/aromatic N) is 2. The van der Waals surface area contributed by atoms with Gasteiger partial charge in [-0.15, -0.1) is 0 Å². The molecule has 0 aromatic heterocycles. The second-order valence-electron chi connectivity index (χ2n) is 7.90. The van der Waals surface area contributed by atoms with Gasteiger partial charge in [0.15, 0.2) is 5.96 Å². The monoisotopic (exact) mass is 393 g/mol. The number of benzene rings is 1. The molecule has 1 atom stereocenters. The van der Waals surface area contributed by atoms with Crippen LogP contribution in [-0.2, 0) is 10.2 Å². The van der Waals surface area contributed by atoms with E-state index in [2.05, 4.69) is 40.8 Å². The highest BCUT2D eigenvalue weighted by atomic mass is 32.2. The number of halogens is 1. The van der Waals surface area contributed by atoms with E-state index in [1.807, 2.05) is 19.2 Å². The van der Waals surface area contributed by atoms with E-state index in [0.29, 0.717) is 11.2 Å². The number of rotatable bonds is 4. The molecular formula is C21H32FN3OS. The normalized spacial score (nSPS) is 23.5. The fourth-order valence-electron chi connectivity index (χ4n) is 3.98. The average Bonchev–Trinajstić information content (AvgIpc) is 2.70. The Bertz CT molecular complexity index is 629. The van der Waals surface area contributed by atoms with E-state index in [1.54, 1.807) is 12.1 Å². The largest absolute Gasteiger partial charge is 0.381 e. The molecule has 2 heterocycles. The van der Waals surface area contributed by atoms with Crippen molar-refractivity contribution in [2.75, 3.05) is 45.6 Å². The molecule has 1 aromatic rings. The summed E-state index contributed by atoms with van der Waals surface area (Å²) < 4.78 is 19.0. The SMILES string of the molecule is CN=C(NCC1(c2ccc(F)cc2)CCOCC1)N1CCSC(C(C)C)C1. The fraction of sp³-hybridized carbons (Fsp3) is 0.667. The van der Waals surface area contributed by atoms with E-state index in [9.17, 15) is 4.39 Å². The predicted molar refractivity (Wildman–Crippen MR) is 112 cm³/mol. The van der Waals surface area contributed by atoms with Crippen molar-refractivity contribution in [1.29, 1.82) is 0 Å². The predicted octanol–water partition coefficient (Wildman–Crippen LogP) is 3.52. The van der Waals surface area contributed by atoms with E-state index in [4.69, 9.17) is 4.74 Å². The summed E-state index contributed by atoms with van der Waals surface area (Å²) in [4.78, 5) is 6.95. The van der Waals surface area contributed by atoms with Crippen LogP contribution in [0, 0.1) is 11.7 Å². The molecule has 0 aliphatic carbocycles. The topological polar surface area (TPSA) is 36.9 Å². The molecule has 2 fully saturated rings. The van der Waals surface area contributed by atoms with Gasteiger partial charge in [-0.1, -0.05) is 26.0 Å². The number of guanidine groups is 1. The quantitative estimate of drug-likeness (QED) is 0.627. The zero-order chi connectivity index (χ0) is 19.3. The van der Waals surface area contributed by atoms with Gasteiger partial charge >= 0.3 is 0 Å². The van der Waals surface area contributed by atoms with Crippen LogP contribution >= 0.6 is 11.8 Å². The molecule has 27 heavy (non-hydrogen) atoms. The lowest BCUT2D eigenvalue weighted by Crippen LogP contribution is -2.52. The third kappa shape index (κ3) is 4.96. The maximum absolute atomic E-state index is 13.4. The molecule has 150 valence electrons. The molecule has 1 unspecified atom stereocenters. The van der Waals surface area contributed by atoms with E-state index in [1.165, 1.54) is 5.56 Å². The molecule has 0 bridgehead atoms. The van der Waals surface area contributed by atoms with Crippen molar-refractivity contribution in [3.05, 3.63) is 35.6 Å². The first-order chi connectivity index (χ1) is 13.0. The van der Waals surface area contributed by atoms with Crippen molar-refractivity contribution in [2.45, 2.75) is 37.4 Å². The molecule has 4 nitrogen and oxygen atoms in total. The third-order valence-electron chi connectivity index (χ3n) is 5.84. The van der Waals surface area contributed by atoms with Gasteiger partial charge in [0.1, 0.15) is 5.82 Å². The van der Waals surface area contributed by atoms with Crippen LogP contribution in [0.3, 0.4) is 0 Å². The Hall–Kier alpha value is -1.27. The maximum Gasteiger partial charge on any atom is 0.193 e. The molecule has 0 saturated carbocycles. The summed E-state index contributed by atoms with van der Waals surface area (Å²) in [7, 11) is 1.86. The number of nitrogens with one attached hydrogen (secondary N) is 1. The Morgan fingerprint density at radius 3 is 2.67 bits per heavy atom. The van der Waals surface area contributed by atoms with Crippen LogP contribution in [0.5, 0.6) is 0 Å². The standard InChI is InChI=1S/C21H32FN3OS/c1-16(2)19-14-25(10-13-27-19)20(23-3)24-15-21(8-11-26-12-9-21)17-4-6-18(22)7-5-17/h4-7,16,19H,8-15H2,1-3H3,(H,23,24). The number of thioether (sulfide) groups is 1. The fourth-order valence-corrected chi connectivity index (χ4v) is 5.28. The Balaban J connectivity index is 1.71. The van der Waals surface area contributed by atoms with Crippen LogP contribution in [-0.4, -0.2) is 61.8 Å². The van der Waals surface area contributed by atoms with Crippen molar-refractivity contribution in [2.24, 2.45) is 10.9 Å². The molecule has 2 aliphatic heterocycles. The second-order valence-corrected chi connectivity index (χ2v) is 9.25. The Labute approximate surface area is 167 Å². The van der Waals surface area contributed by atoms with Crippen molar-refractivity contribution < 1.29 is 9.13 Å². The molecule has 1 aromatic carbocycles. The minimum atomic E-state index is -0.185. The highest BCUT2D eigenvalue weighted by Gasteiger charge is 2.35. The summed E-state index contributed by atoms with van der Waals surface area (Å²) in [5, 5.41) is 4.28. The van der Waals surface area contributed by atoms with E-state index >= 15 is 0 Å². The lowest BCUT2D eigenvalue weighted by molar-refractivity contribution is 0.0511. The van der Waals surface area contributed by atoms with Crippen LogP contribution < -0.4 is 5.32 Å². The molecular weight excluding hydrogens is 361 g/mol. The molecule has 0 spiro atoms. The Kier molecular flexibility index (Phi) is 7.04. The lowest BCUT2D eigenvalue weighted by Gasteiger charge is -2.40. The van der Waals surface area contributed by atoms with Gasteiger partial charge in [0.25, 0.3) is 0 Å². The van der Waals surface area contributed by atoms with Crippen LogP contribution in [0.1, 0.15) is 32.3 Å². The van der Waals surface area contributed by atoms with Gasteiger partial charge in [-0.3, -0.25) is 4.99 Å². The van der Waals surface area contributed by atoms with E-state index < -0.39 is 0 Å². The Morgan fingerprint density at radius 2 is 2.04 bits per heavy atom. The van der Waals surface area contributed by atoms with Crippen LogP contribution in [0.4, 0.5) is 4.39 Å². The molecule has 0 radical (unpaired) electrons. The van der Waals surface area contributed by atoms with Crippen LogP contribution in [0.25, 0.3) is 0 Å². The summed E-state index contributed by atoms with van der Waals surface area (Å²) >= 11 is 2.07. The molecule has 0 amide bonds. The van der Waals surface area contributed by atoms with Crippen molar-refractivity contribution >= 4 is 17.7 Å². The van der Waals surface area contributed by atoms with Gasteiger partial charge < -0.3 is 15.0 Å². The summed E-state index contributed by atoms with van der Waals surface area (Å²) in [6.45, 7) is 8.94. The highest BCUT2D eigenvalue weighted by molar-refractivity contribution is 8.00. The summed E-state index contributed by atoms with van der Waals surface area (Å²) in [6, 6.07) is 6.99. The first-order valence-corrected chi connectivity index (χ1v) is 11.0. The van der Waals surface area contributed by atoms with E-state index in [-0.39, 0.29) is 11.2 Å². The molecule has 2 aliphatic rings. The van der Waals surface area contributed by atoms with Crippen molar-refractivity contribution in [3.8, 4) is 0 Å². The summed E-state index contributed by atoms with van der Waals surface area (Å²) in [6.07, 6.45) is 1.88. The second kappa shape index (κ2) is 9.28. The van der Waals surface area contributed by atoms with Gasteiger partial charge in [-0.2, -0.15) is 11.8 Å². The maximum atomic E-state index is 13.4. The highest BCUT2D eigenvalue weighted by Crippen LogP contribution is 2.34. The summed E-state index contributed by atoms with van der Waals surface area (Å²) in [5.41, 5.74) is 1.15. The lowest BCUT2D eigenvalue weighted by atomic mass is 9.74. The van der Waals surface area contributed by atoms with Gasteiger partial charge in [-0.25, -0.2) is 4.39 Å². The molecule has 6 heteroatoms. The summed E-state index contributed by atoms with van der Waals surface area (Å²) in [5.74, 6) is 2.60. The van der Waals surface area contributed by atoms with Gasteiger partial charge in [-0.05, 0) is 36.5 Å². The molecule has 2 saturated heterocycles. The Morgan fingerprint density at radius 1 is 1.33 bits per heavy atom. The number of hydrogen-bond donors (Lipinski definition) is 1. The first kappa shape index (κ1) is 20.5. The molecule has 3 rings (SSSR count). The average molecular weight is 394 g/mol. The van der Waals surface area contributed by atoms with Crippen LogP contribution in [0.15, 0.2) is 29.3 Å². The van der Waals surface area contributed by atoms with Crippen molar-refractivity contribution in [3.63, 3.8) is 0 Å². The zero-order valence-corrected chi connectivity index (χ0v) is 17.5. The zero-order valence-electron chi connectivity index (χ0n) is 16.7. The molecule has 1 N–H and O–H groups in total.